The van der Waals surface area contributed by atoms with E-state index in [9.17, 15) is 0 Å². The van der Waals surface area contributed by atoms with Crippen LogP contribution in [0.4, 0.5) is 0 Å². The molecule has 0 spiro atoms. The number of nitrogens with zero attached hydrogens (tertiary/aromatic N) is 2. The Morgan fingerprint density at radius 1 is 1.32 bits per heavy atom. The lowest BCUT2D eigenvalue weighted by molar-refractivity contribution is 0.166. The summed E-state index contributed by atoms with van der Waals surface area (Å²) in [6.07, 6.45) is 9.15. The highest BCUT2D eigenvalue weighted by Gasteiger charge is 2.34. The fourth-order valence-electron chi connectivity index (χ4n) is 3.35. The summed E-state index contributed by atoms with van der Waals surface area (Å²) in [5, 5.41) is 3.70. The molecule has 106 valence electrons. The van der Waals surface area contributed by atoms with E-state index in [0.717, 1.165) is 29.1 Å². The van der Waals surface area contributed by atoms with E-state index in [2.05, 4.69) is 44.2 Å². The van der Waals surface area contributed by atoms with Crippen LogP contribution in [0.15, 0.2) is 22.9 Å². The van der Waals surface area contributed by atoms with E-state index in [0.29, 0.717) is 0 Å². The standard InChI is InChI=1S/C14H20BrN3.ClH/c1-18(9-10-4-11(15)8-16-7-10)14-5-12-2-3-13(6-14)17-12;/h4,7-8,12-14,17H,2-3,5-6,9H2,1H3;1H. The van der Waals surface area contributed by atoms with Crippen LogP contribution >= 0.6 is 28.3 Å². The van der Waals surface area contributed by atoms with Crippen LogP contribution in [-0.4, -0.2) is 35.1 Å². The highest BCUT2D eigenvalue weighted by molar-refractivity contribution is 9.10. The number of piperidine rings is 1. The van der Waals surface area contributed by atoms with Gasteiger partial charge in [0.1, 0.15) is 0 Å². The van der Waals surface area contributed by atoms with Gasteiger partial charge in [0.25, 0.3) is 0 Å². The topological polar surface area (TPSA) is 28.2 Å². The van der Waals surface area contributed by atoms with Crippen molar-refractivity contribution in [2.75, 3.05) is 7.05 Å². The van der Waals surface area contributed by atoms with E-state index in [1.165, 1.54) is 31.2 Å². The van der Waals surface area contributed by atoms with E-state index >= 15 is 0 Å². The molecular formula is C14H21BrClN3. The van der Waals surface area contributed by atoms with Crippen molar-refractivity contribution in [1.82, 2.24) is 15.2 Å². The second-order valence-electron chi connectivity index (χ2n) is 5.69. The van der Waals surface area contributed by atoms with E-state index in [-0.39, 0.29) is 12.4 Å². The molecule has 2 aliphatic heterocycles. The number of hydrogen-bond donors (Lipinski definition) is 1. The van der Waals surface area contributed by atoms with Gasteiger partial charge in [-0.05, 0) is 60.3 Å². The van der Waals surface area contributed by atoms with Gasteiger partial charge in [-0.3, -0.25) is 9.88 Å². The Morgan fingerprint density at radius 3 is 2.63 bits per heavy atom. The average molecular weight is 347 g/mol. The van der Waals surface area contributed by atoms with Gasteiger partial charge in [0, 0.05) is 41.5 Å². The Kier molecular flexibility index (Phi) is 5.23. The van der Waals surface area contributed by atoms with Crippen LogP contribution in [0.5, 0.6) is 0 Å². The van der Waals surface area contributed by atoms with Crippen molar-refractivity contribution < 1.29 is 0 Å². The molecule has 19 heavy (non-hydrogen) atoms. The molecule has 0 radical (unpaired) electrons. The van der Waals surface area contributed by atoms with E-state index in [1.807, 2.05) is 12.4 Å². The number of pyridine rings is 1. The van der Waals surface area contributed by atoms with Crippen LogP contribution in [0.2, 0.25) is 0 Å². The molecular weight excluding hydrogens is 326 g/mol. The molecule has 2 atom stereocenters. The summed E-state index contributed by atoms with van der Waals surface area (Å²) in [4.78, 5) is 6.73. The second kappa shape index (κ2) is 6.53. The molecule has 0 aliphatic carbocycles. The van der Waals surface area contributed by atoms with Gasteiger partial charge in [-0.2, -0.15) is 0 Å². The number of nitrogens with one attached hydrogen (secondary N) is 1. The lowest BCUT2D eigenvalue weighted by atomic mass is 9.98. The summed E-state index contributed by atoms with van der Waals surface area (Å²) in [6.45, 7) is 0.997. The van der Waals surface area contributed by atoms with Crippen LogP contribution < -0.4 is 5.32 Å². The van der Waals surface area contributed by atoms with Gasteiger partial charge in [-0.15, -0.1) is 12.4 Å². The quantitative estimate of drug-likeness (QED) is 0.912. The van der Waals surface area contributed by atoms with Gasteiger partial charge in [-0.25, -0.2) is 0 Å². The summed E-state index contributed by atoms with van der Waals surface area (Å²) in [5.74, 6) is 0. The van der Waals surface area contributed by atoms with E-state index in [4.69, 9.17) is 0 Å². The Labute approximate surface area is 129 Å². The minimum atomic E-state index is 0. The van der Waals surface area contributed by atoms with Gasteiger partial charge in [0.15, 0.2) is 0 Å². The minimum Gasteiger partial charge on any atom is -0.311 e. The second-order valence-corrected chi connectivity index (χ2v) is 6.61. The van der Waals surface area contributed by atoms with Crippen LogP contribution in [-0.2, 0) is 6.54 Å². The Bertz CT molecular complexity index is 417. The van der Waals surface area contributed by atoms with Gasteiger partial charge in [0.05, 0.1) is 0 Å². The third kappa shape index (κ3) is 3.69. The molecule has 5 heteroatoms. The molecule has 0 saturated carbocycles. The van der Waals surface area contributed by atoms with E-state index < -0.39 is 0 Å². The molecule has 1 N–H and O–H groups in total. The van der Waals surface area contributed by atoms with Crippen molar-refractivity contribution in [1.29, 1.82) is 0 Å². The largest absolute Gasteiger partial charge is 0.311 e. The zero-order chi connectivity index (χ0) is 12.5. The van der Waals surface area contributed by atoms with Crippen LogP contribution in [0.1, 0.15) is 31.2 Å². The lowest BCUT2D eigenvalue weighted by Gasteiger charge is -2.35. The molecule has 2 saturated heterocycles. The monoisotopic (exact) mass is 345 g/mol. The fraction of sp³-hybridized carbons (Fsp3) is 0.643. The number of halogens is 2. The zero-order valence-corrected chi connectivity index (χ0v) is 13.6. The number of hydrogen-bond acceptors (Lipinski definition) is 3. The highest BCUT2D eigenvalue weighted by Crippen LogP contribution is 2.29. The summed E-state index contributed by atoms with van der Waals surface area (Å²) in [6, 6.07) is 4.41. The van der Waals surface area contributed by atoms with Crippen molar-refractivity contribution in [2.45, 2.75) is 50.4 Å². The summed E-state index contributed by atoms with van der Waals surface area (Å²) >= 11 is 3.49. The van der Waals surface area contributed by atoms with Gasteiger partial charge >= 0.3 is 0 Å². The molecule has 2 unspecified atom stereocenters. The Morgan fingerprint density at radius 2 is 2.00 bits per heavy atom. The Hall–Kier alpha value is -0.160. The maximum absolute atomic E-state index is 4.24. The van der Waals surface area contributed by atoms with Crippen molar-refractivity contribution in [3.63, 3.8) is 0 Å². The number of rotatable bonds is 3. The van der Waals surface area contributed by atoms with Crippen LogP contribution in [0.25, 0.3) is 0 Å². The smallest absolute Gasteiger partial charge is 0.0410 e. The van der Waals surface area contributed by atoms with E-state index in [1.54, 1.807) is 0 Å². The summed E-state index contributed by atoms with van der Waals surface area (Å²) < 4.78 is 1.07. The molecule has 3 heterocycles. The molecule has 3 rings (SSSR count). The third-order valence-corrected chi connectivity index (χ3v) is 4.70. The maximum Gasteiger partial charge on any atom is 0.0410 e. The molecule has 0 aromatic carbocycles. The first-order valence-electron chi connectivity index (χ1n) is 6.76. The molecule has 1 aromatic rings. The SMILES string of the molecule is CN(Cc1cncc(Br)c1)C1CC2CCC(C1)N2.Cl. The third-order valence-electron chi connectivity index (χ3n) is 4.27. The maximum atomic E-state index is 4.24. The van der Waals surface area contributed by atoms with Crippen LogP contribution in [0.3, 0.4) is 0 Å². The van der Waals surface area contributed by atoms with Crippen molar-refractivity contribution in [3.05, 3.63) is 28.5 Å². The van der Waals surface area contributed by atoms with Gasteiger partial charge in [0.2, 0.25) is 0 Å². The molecule has 2 bridgehead atoms. The van der Waals surface area contributed by atoms with Crippen molar-refractivity contribution in [3.8, 4) is 0 Å². The number of fused-ring (bicyclic) bond motifs is 2. The predicted octanol–water partition coefficient (Wildman–Crippen LogP) is 2.98. The first kappa shape index (κ1) is 15.2. The minimum absolute atomic E-state index is 0. The normalized spacial score (nSPS) is 29.3. The van der Waals surface area contributed by atoms with Crippen LogP contribution in [0, 0.1) is 0 Å². The molecule has 2 aliphatic rings. The summed E-state index contributed by atoms with van der Waals surface area (Å²) in [7, 11) is 2.25. The first-order valence-corrected chi connectivity index (χ1v) is 7.56. The molecule has 1 aromatic heterocycles. The van der Waals surface area contributed by atoms with Gasteiger partial charge < -0.3 is 5.32 Å². The zero-order valence-electron chi connectivity index (χ0n) is 11.2. The fourth-order valence-corrected chi connectivity index (χ4v) is 3.76. The lowest BCUT2D eigenvalue weighted by Crippen LogP contribution is -2.46. The predicted molar refractivity (Wildman–Crippen MR) is 83.6 cm³/mol. The van der Waals surface area contributed by atoms with Crippen molar-refractivity contribution in [2.24, 2.45) is 0 Å². The average Bonchev–Trinajstić information content (AvgIpc) is 2.68. The Balaban J connectivity index is 0.00000133. The molecule has 3 nitrogen and oxygen atoms in total. The van der Waals surface area contributed by atoms with Gasteiger partial charge in [-0.1, -0.05) is 0 Å². The van der Waals surface area contributed by atoms with Crippen molar-refractivity contribution >= 4 is 28.3 Å². The summed E-state index contributed by atoms with van der Waals surface area (Å²) in [5.41, 5.74) is 1.29. The highest BCUT2D eigenvalue weighted by atomic mass is 79.9. The number of aromatic nitrogens is 1. The first-order chi connectivity index (χ1) is 8.70. The molecule has 0 amide bonds. The molecule has 2 fully saturated rings.